The van der Waals surface area contributed by atoms with E-state index in [1.54, 1.807) is 49.4 Å². The van der Waals surface area contributed by atoms with E-state index in [4.69, 9.17) is 9.98 Å². The largest absolute Gasteiger partial charge is 0.419 e. The van der Waals surface area contributed by atoms with E-state index in [-0.39, 0.29) is 34.3 Å². The lowest BCUT2D eigenvalue weighted by atomic mass is 9.95. The van der Waals surface area contributed by atoms with Gasteiger partial charge in [0.1, 0.15) is 47.1 Å². The average molecular weight is 853 g/mol. The molecule has 63 heavy (non-hydrogen) atoms. The summed E-state index contributed by atoms with van der Waals surface area (Å²) in [5.41, 5.74) is 1.69. The third kappa shape index (κ3) is 8.03. The number of nitriles is 4. The molecule has 1 aromatic heterocycles. The minimum absolute atomic E-state index is 0.0572. The Balaban J connectivity index is 1.36. The molecule has 14 heteroatoms. The summed E-state index contributed by atoms with van der Waals surface area (Å²) < 4.78 is 109. The van der Waals surface area contributed by atoms with Crippen molar-refractivity contribution in [2.75, 3.05) is 0 Å². The van der Waals surface area contributed by atoms with Crippen molar-refractivity contribution in [3.63, 3.8) is 0 Å². The third-order valence-corrected chi connectivity index (χ3v) is 10.6. The van der Waals surface area contributed by atoms with Crippen molar-refractivity contribution >= 4 is 34.6 Å². The first-order chi connectivity index (χ1) is 29.9. The molecule has 0 bridgehead atoms. The van der Waals surface area contributed by atoms with Crippen LogP contribution in [0.3, 0.4) is 0 Å². The predicted octanol–water partition coefficient (Wildman–Crippen LogP) is 10.7. The van der Waals surface area contributed by atoms with Crippen molar-refractivity contribution in [2.24, 2.45) is 10.9 Å². The number of rotatable bonds is 5. The molecule has 2 aliphatic carbocycles. The molecular formula is C49H28F8N6. The minimum Gasteiger partial charge on any atom is -0.277 e. The van der Waals surface area contributed by atoms with Crippen LogP contribution in [0.4, 0.5) is 35.1 Å². The maximum atomic E-state index is 14.7. The quantitative estimate of drug-likeness (QED) is 0.0990. The number of fused-ring (bicyclic) bond motifs is 7. The SMILES string of the molecule is C=C/C(F)=C(\C=C/Cc1ccc2c(c1)C(=C(C#N)C#N)C1=N\C(C)/C=c3/cc4c(n/c3=C/C(C)/C=C\12)C(=C(C#N)C#N)c1cc(-c2ccc(C(F)(F)F)c(F)c2)ccc1-4)C(F)(F)F. The molecular weight excluding hydrogens is 825 g/mol. The molecule has 0 amide bonds. The Kier molecular flexibility index (Phi) is 11.3. The molecule has 310 valence electrons. The van der Waals surface area contributed by atoms with Gasteiger partial charge in [-0.05, 0) is 93.8 Å². The van der Waals surface area contributed by atoms with Gasteiger partial charge < -0.3 is 0 Å². The molecule has 2 atom stereocenters. The number of pyridine rings is 1. The first-order valence-electron chi connectivity index (χ1n) is 19.0. The molecule has 2 heterocycles. The number of aromatic nitrogens is 1. The van der Waals surface area contributed by atoms with Crippen LogP contribution < -0.4 is 10.6 Å². The van der Waals surface area contributed by atoms with Gasteiger partial charge in [0, 0.05) is 22.3 Å². The predicted molar refractivity (Wildman–Crippen MR) is 221 cm³/mol. The second kappa shape index (κ2) is 16.5. The highest BCUT2D eigenvalue weighted by molar-refractivity contribution is 6.51. The fourth-order valence-electron chi connectivity index (χ4n) is 7.85. The highest BCUT2D eigenvalue weighted by Gasteiger charge is 2.36. The first-order valence-corrected chi connectivity index (χ1v) is 19.0. The van der Waals surface area contributed by atoms with Crippen molar-refractivity contribution in [1.29, 1.82) is 21.0 Å². The number of halogens is 8. The van der Waals surface area contributed by atoms with Crippen LogP contribution in [0.25, 0.3) is 51.1 Å². The molecule has 0 fully saturated rings. The smallest absolute Gasteiger partial charge is 0.277 e. The van der Waals surface area contributed by atoms with Crippen LogP contribution in [-0.2, 0) is 12.6 Å². The number of allylic oxidation sites excluding steroid dienone is 10. The lowest BCUT2D eigenvalue weighted by molar-refractivity contribution is -0.140. The van der Waals surface area contributed by atoms with Crippen molar-refractivity contribution in [1.82, 2.24) is 4.98 Å². The lowest BCUT2D eigenvalue weighted by Crippen LogP contribution is -2.31. The highest BCUT2D eigenvalue weighted by Crippen LogP contribution is 2.46. The number of aliphatic imine (C=N–C) groups is 1. The van der Waals surface area contributed by atoms with Gasteiger partial charge in [-0.3, -0.25) is 4.99 Å². The first kappa shape index (κ1) is 43.2. The second-order valence-corrected chi connectivity index (χ2v) is 14.7. The van der Waals surface area contributed by atoms with Crippen LogP contribution in [0.5, 0.6) is 0 Å². The summed E-state index contributed by atoms with van der Waals surface area (Å²) in [6, 6.07) is 21.3. The Morgan fingerprint density at radius 2 is 1.38 bits per heavy atom. The van der Waals surface area contributed by atoms with Gasteiger partial charge in [-0.25, -0.2) is 13.8 Å². The van der Waals surface area contributed by atoms with Gasteiger partial charge in [0.15, 0.2) is 0 Å². The average Bonchev–Trinajstić information content (AvgIpc) is 3.69. The molecule has 0 saturated heterocycles. The van der Waals surface area contributed by atoms with Gasteiger partial charge in [-0.2, -0.15) is 47.4 Å². The molecule has 3 aromatic carbocycles. The molecule has 0 radical (unpaired) electrons. The van der Waals surface area contributed by atoms with Crippen LogP contribution in [0, 0.1) is 57.1 Å². The molecule has 0 N–H and O–H groups in total. The summed E-state index contributed by atoms with van der Waals surface area (Å²) in [6.45, 7) is 6.71. The summed E-state index contributed by atoms with van der Waals surface area (Å²) in [4.78, 5) is 9.99. The Morgan fingerprint density at radius 3 is 2.02 bits per heavy atom. The molecule has 2 unspecified atom stereocenters. The van der Waals surface area contributed by atoms with Gasteiger partial charge in [0.05, 0.1) is 33.9 Å². The van der Waals surface area contributed by atoms with E-state index in [9.17, 15) is 56.2 Å². The topological polar surface area (TPSA) is 120 Å². The maximum Gasteiger partial charge on any atom is 0.419 e. The molecule has 0 saturated carbocycles. The van der Waals surface area contributed by atoms with Crippen molar-refractivity contribution in [3.8, 4) is 46.5 Å². The minimum atomic E-state index is -4.96. The zero-order valence-corrected chi connectivity index (χ0v) is 33.0. The van der Waals surface area contributed by atoms with E-state index in [0.29, 0.717) is 84.7 Å². The zero-order valence-electron chi connectivity index (χ0n) is 33.0. The Hall–Kier alpha value is -7.94. The summed E-state index contributed by atoms with van der Waals surface area (Å²) in [5, 5.41) is 41.4. The second-order valence-electron chi connectivity index (χ2n) is 14.7. The lowest BCUT2D eigenvalue weighted by Gasteiger charge is -2.12. The molecule has 7 rings (SSSR count). The van der Waals surface area contributed by atoms with Crippen LogP contribution in [0.15, 0.2) is 119 Å². The van der Waals surface area contributed by atoms with Gasteiger partial charge in [-0.15, -0.1) is 0 Å². The zero-order chi connectivity index (χ0) is 45.5. The van der Waals surface area contributed by atoms with Gasteiger partial charge in [-0.1, -0.05) is 80.3 Å². The number of nitrogens with zero attached hydrogens (tertiary/aromatic N) is 6. The van der Waals surface area contributed by atoms with Crippen LogP contribution in [0.2, 0.25) is 0 Å². The van der Waals surface area contributed by atoms with Crippen LogP contribution in [0.1, 0.15) is 47.4 Å². The van der Waals surface area contributed by atoms with E-state index >= 15 is 0 Å². The summed E-state index contributed by atoms with van der Waals surface area (Å²) in [6.07, 6.45) is -2.15. The summed E-state index contributed by atoms with van der Waals surface area (Å²) >= 11 is 0. The third-order valence-electron chi connectivity index (χ3n) is 10.6. The molecule has 4 aromatic rings. The van der Waals surface area contributed by atoms with Crippen LogP contribution >= 0.6 is 0 Å². The number of hydrogen-bond donors (Lipinski definition) is 0. The fraction of sp³-hybridized carbons (Fsp3) is 0.143. The monoisotopic (exact) mass is 852 g/mol. The normalized spacial score (nSPS) is 19.5. The molecule has 0 spiro atoms. The highest BCUT2D eigenvalue weighted by atomic mass is 19.4. The van der Waals surface area contributed by atoms with Crippen molar-refractivity contribution in [2.45, 2.75) is 38.7 Å². The Morgan fingerprint density at radius 1 is 0.746 bits per heavy atom. The van der Waals surface area contributed by atoms with Crippen molar-refractivity contribution in [3.05, 3.63) is 164 Å². The van der Waals surface area contributed by atoms with Gasteiger partial charge in [0.2, 0.25) is 0 Å². The molecule has 6 nitrogen and oxygen atoms in total. The summed E-state index contributed by atoms with van der Waals surface area (Å²) in [7, 11) is 0. The summed E-state index contributed by atoms with van der Waals surface area (Å²) in [5.74, 6) is -3.41. The van der Waals surface area contributed by atoms with Crippen LogP contribution in [-0.4, -0.2) is 22.9 Å². The molecule has 3 aliphatic rings. The van der Waals surface area contributed by atoms with E-state index in [1.165, 1.54) is 0 Å². The maximum absolute atomic E-state index is 14.7. The van der Waals surface area contributed by atoms with E-state index < -0.39 is 47.1 Å². The van der Waals surface area contributed by atoms with Gasteiger partial charge >= 0.3 is 12.4 Å². The van der Waals surface area contributed by atoms with Crippen molar-refractivity contribution < 1.29 is 35.1 Å². The number of hydrogen-bond acceptors (Lipinski definition) is 6. The number of benzene rings is 3. The Bertz CT molecular complexity index is 3150. The fourth-order valence-corrected chi connectivity index (χ4v) is 7.85. The van der Waals surface area contributed by atoms with E-state index in [0.717, 1.165) is 18.2 Å². The van der Waals surface area contributed by atoms with E-state index in [1.807, 2.05) is 49.4 Å². The standard InChI is InChI=1S/C49H28F8N6/c1-4-41(50)39(48(52,53)54)7-5-6-27-8-11-33-35(17-27)44(31(21-58)22-59)46-37(33)14-25(2)15-43-30(16-26(3)62-46)19-38-34-12-9-28(29-10-13-40(42(51)20-29)49(55,56)57)18-36(34)45(47(38)63-43)32(23-60)24-61/h4-5,7-20,25-26H,1,6H2,2-3H3/b7-5-,30-16-,37-14-,41-39-,43-15+,62-46-. The van der Waals surface area contributed by atoms with E-state index in [2.05, 4.69) is 6.58 Å². The van der Waals surface area contributed by atoms with Gasteiger partial charge in [0.25, 0.3) is 0 Å². The number of alkyl halides is 6. The Labute approximate surface area is 355 Å². The molecule has 1 aliphatic heterocycles.